The third kappa shape index (κ3) is 7.67. The maximum atomic E-state index is 13.5. The predicted octanol–water partition coefficient (Wildman–Crippen LogP) is 5.28. The van der Waals surface area contributed by atoms with E-state index in [1.54, 1.807) is 12.1 Å². The molecular weight excluding hydrogens is 455 g/mol. The van der Waals surface area contributed by atoms with E-state index in [0.29, 0.717) is 18.7 Å². The predicted molar refractivity (Wildman–Crippen MR) is 140 cm³/mol. The first-order valence-corrected chi connectivity index (χ1v) is 12.3. The number of hydrogen-bond acceptors (Lipinski definition) is 3. The van der Waals surface area contributed by atoms with Crippen molar-refractivity contribution >= 4 is 11.8 Å². The fourth-order valence-corrected chi connectivity index (χ4v) is 3.91. The Morgan fingerprint density at radius 2 is 1.56 bits per heavy atom. The van der Waals surface area contributed by atoms with Gasteiger partial charge >= 0.3 is 0 Å². The molecule has 0 saturated carbocycles. The zero-order valence-corrected chi connectivity index (χ0v) is 21.5. The van der Waals surface area contributed by atoms with Crippen molar-refractivity contribution < 1.29 is 18.7 Å². The molecule has 5 nitrogen and oxygen atoms in total. The third-order valence-electron chi connectivity index (χ3n) is 5.97. The SMILES string of the molecule is CCNC(=O)[C@@H](Cc1ccccc1)N(Cc1ccc(F)cc1)C(=O)COc1ccc(C(C)(C)C)cc1. The highest BCUT2D eigenvalue weighted by molar-refractivity contribution is 5.88. The summed E-state index contributed by atoms with van der Waals surface area (Å²) >= 11 is 0. The van der Waals surface area contributed by atoms with Crippen molar-refractivity contribution in [2.45, 2.75) is 52.1 Å². The number of rotatable bonds is 10. The maximum Gasteiger partial charge on any atom is 0.261 e. The summed E-state index contributed by atoms with van der Waals surface area (Å²) < 4.78 is 19.3. The second-order valence-corrected chi connectivity index (χ2v) is 9.81. The summed E-state index contributed by atoms with van der Waals surface area (Å²) in [5.41, 5.74) is 2.83. The van der Waals surface area contributed by atoms with Crippen LogP contribution in [0.25, 0.3) is 0 Å². The Labute approximate surface area is 213 Å². The number of nitrogens with one attached hydrogen (secondary N) is 1. The minimum atomic E-state index is -0.753. The number of carbonyl (C=O) groups excluding carboxylic acids is 2. The molecule has 0 saturated heterocycles. The molecule has 0 aliphatic carbocycles. The van der Waals surface area contributed by atoms with Crippen LogP contribution < -0.4 is 10.1 Å². The van der Waals surface area contributed by atoms with Gasteiger partial charge in [-0.25, -0.2) is 4.39 Å². The standard InChI is InChI=1S/C30H35FN2O3/c1-5-32-29(35)27(19-22-9-7-6-8-10-22)33(20-23-11-15-25(31)16-12-23)28(34)21-36-26-17-13-24(14-18-26)30(2,3)4/h6-18,27H,5,19-21H2,1-4H3,(H,32,35)/t27-/m1/s1. The lowest BCUT2D eigenvalue weighted by atomic mass is 9.87. The number of likely N-dealkylation sites (N-methyl/N-ethyl adjacent to an activating group) is 1. The smallest absolute Gasteiger partial charge is 0.261 e. The van der Waals surface area contributed by atoms with Crippen LogP contribution in [0, 0.1) is 5.82 Å². The van der Waals surface area contributed by atoms with E-state index in [-0.39, 0.29) is 36.2 Å². The molecule has 1 atom stereocenters. The van der Waals surface area contributed by atoms with Gasteiger partial charge in [0.25, 0.3) is 5.91 Å². The number of carbonyl (C=O) groups is 2. The lowest BCUT2D eigenvalue weighted by Crippen LogP contribution is -2.51. The van der Waals surface area contributed by atoms with Gasteiger partial charge in [-0.1, -0.05) is 75.4 Å². The van der Waals surface area contributed by atoms with Crippen LogP contribution in [0.5, 0.6) is 5.75 Å². The summed E-state index contributed by atoms with van der Waals surface area (Å²) in [5, 5.41) is 2.86. The van der Waals surface area contributed by atoms with Crippen molar-refractivity contribution in [1.82, 2.24) is 10.2 Å². The van der Waals surface area contributed by atoms with Gasteiger partial charge in [0.2, 0.25) is 5.91 Å². The first-order chi connectivity index (χ1) is 17.2. The highest BCUT2D eigenvalue weighted by atomic mass is 19.1. The van der Waals surface area contributed by atoms with Gasteiger partial charge in [-0.05, 0) is 53.3 Å². The van der Waals surface area contributed by atoms with E-state index in [2.05, 4.69) is 26.1 Å². The Kier molecular flexibility index (Phi) is 9.23. The second kappa shape index (κ2) is 12.3. The normalized spacial score (nSPS) is 12.0. The molecule has 6 heteroatoms. The molecule has 0 aliphatic heterocycles. The van der Waals surface area contributed by atoms with Gasteiger partial charge in [-0.2, -0.15) is 0 Å². The first-order valence-electron chi connectivity index (χ1n) is 12.3. The summed E-state index contributed by atoms with van der Waals surface area (Å²) in [6, 6.07) is 22.5. The Bertz CT molecular complexity index is 1120. The van der Waals surface area contributed by atoms with E-state index >= 15 is 0 Å². The Morgan fingerprint density at radius 1 is 0.917 bits per heavy atom. The molecule has 3 aromatic rings. The van der Waals surface area contributed by atoms with Gasteiger partial charge in [-0.3, -0.25) is 9.59 Å². The minimum absolute atomic E-state index is 0.0115. The van der Waals surface area contributed by atoms with Crippen LogP contribution >= 0.6 is 0 Å². The number of hydrogen-bond donors (Lipinski definition) is 1. The quantitative estimate of drug-likeness (QED) is 0.421. The second-order valence-electron chi connectivity index (χ2n) is 9.81. The molecule has 3 aromatic carbocycles. The topological polar surface area (TPSA) is 58.6 Å². The van der Waals surface area contributed by atoms with Gasteiger partial charge in [0.1, 0.15) is 17.6 Å². The molecule has 2 amide bonds. The third-order valence-corrected chi connectivity index (χ3v) is 5.97. The molecule has 0 aliphatic rings. The summed E-state index contributed by atoms with van der Waals surface area (Å²) in [7, 11) is 0. The highest BCUT2D eigenvalue weighted by Crippen LogP contribution is 2.24. The molecule has 0 heterocycles. The van der Waals surface area contributed by atoms with Gasteiger partial charge in [0.15, 0.2) is 6.61 Å². The highest BCUT2D eigenvalue weighted by Gasteiger charge is 2.30. The summed E-state index contributed by atoms with van der Waals surface area (Å²) in [5.74, 6) is -0.350. The Balaban J connectivity index is 1.85. The molecular formula is C30H35FN2O3. The van der Waals surface area contributed by atoms with Crippen molar-refractivity contribution in [2.24, 2.45) is 0 Å². The van der Waals surface area contributed by atoms with Crippen LogP contribution in [0.3, 0.4) is 0 Å². The largest absolute Gasteiger partial charge is 0.484 e. The van der Waals surface area contributed by atoms with Crippen LogP contribution in [0.2, 0.25) is 0 Å². The van der Waals surface area contributed by atoms with Crippen molar-refractivity contribution in [3.8, 4) is 5.75 Å². The number of amides is 2. The summed E-state index contributed by atoms with van der Waals surface area (Å²) in [6.07, 6.45) is 0.347. The molecule has 0 aromatic heterocycles. The molecule has 190 valence electrons. The van der Waals surface area contributed by atoms with Gasteiger partial charge in [-0.15, -0.1) is 0 Å². The monoisotopic (exact) mass is 490 g/mol. The molecule has 0 spiro atoms. The lowest BCUT2D eigenvalue weighted by Gasteiger charge is -2.31. The zero-order valence-electron chi connectivity index (χ0n) is 21.5. The van der Waals surface area contributed by atoms with E-state index < -0.39 is 6.04 Å². The molecule has 0 fully saturated rings. The molecule has 0 bridgehead atoms. The van der Waals surface area contributed by atoms with Crippen LogP contribution in [0.4, 0.5) is 4.39 Å². The van der Waals surface area contributed by atoms with E-state index in [1.165, 1.54) is 22.6 Å². The van der Waals surface area contributed by atoms with Gasteiger partial charge in [0.05, 0.1) is 0 Å². The van der Waals surface area contributed by atoms with E-state index in [1.807, 2.05) is 61.5 Å². The van der Waals surface area contributed by atoms with E-state index in [4.69, 9.17) is 4.74 Å². The molecule has 36 heavy (non-hydrogen) atoms. The van der Waals surface area contributed by atoms with Crippen molar-refractivity contribution in [3.63, 3.8) is 0 Å². The number of benzene rings is 3. The first kappa shape index (κ1) is 26.9. The molecule has 0 radical (unpaired) electrons. The van der Waals surface area contributed by atoms with Gasteiger partial charge in [0, 0.05) is 19.5 Å². The molecule has 1 N–H and O–H groups in total. The summed E-state index contributed by atoms with van der Waals surface area (Å²) in [4.78, 5) is 28.2. The average Bonchev–Trinajstić information content (AvgIpc) is 2.86. The average molecular weight is 491 g/mol. The van der Waals surface area contributed by atoms with E-state index in [0.717, 1.165) is 11.1 Å². The Morgan fingerprint density at radius 3 is 2.14 bits per heavy atom. The van der Waals surface area contributed by atoms with Crippen molar-refractivity contribution in [1.29, 1.82) is 0 Å². The van der Waals surface area contributed by atoms with Crippen LogP contribution in [-0.4, -0.2) is 35.9 Å². The molecule has 0 unspecified atom stereocenters. The molecule has 3 rings (SSSR count). The fourth-order valence-electron chi connectivity index (χ4n) is 3.91. The Hall–Kier alpha value is -3.67. The maximum absolute atomic E-state index is 13.5. The minimum Gasteiger partial charge on any atom is -0.484 e. The van der Waals surface area contributed by atoms with Crippen LogP contribution in [0.1, 0.15) is 44.4 Å². The van der Waals surface area contributed by atoms with Gasteiger partial charge < -0.3 is 15.0 Å². The number of ether oxygens (including phenoxy) is 1. The number of halogens is 1. The number of nitrogens with zero attached hydrogens (tertiary/aromatic N) is 1. The summed E-state index contributed by atoms with van der Waals surface area (Å²) in [6.45, 7) is 8.62. The lowest BCUT2D eigenvalue weighted by molar-refractivity contribution is -0.142. The van der Waals surface area contributed by atoms with Crippen molar-refractivity contribution in [3.05, 3.63) is 101 Å². The zero-order chi connectivity index (χ0) is 26.1. The van der Waals surface area contributed by atoms with E-state index in [9.17, 15) is 14.0 Å². The van der Waals surface area contributed by atoms with Crippen LogP contribution in [-0.2, 0) is 28.0 Å². The fraction of sp³-hybridized carbons (Fsp3) is 0.333. The van der Waals surface area contributed by atoms with Crippen LogP contribution in [0.15, 0.2) is 78.9 Å². The van der Waals surface area contributed by atoms with Crippen molar-refractivity contribution in [2.75, 3.05) is 13.2 Å².